The van der Waals surface area contributed by atoms with E-state index in [0.29, 0.717) is 22.9 Å². The maximum absolute atomic E-state index is 13.6. The van der Waals surface area contributed by atoms with Crippen LogP contribution in [0.5, 0.6) is 0 Å². The maximum atomic E-state index is 13.6. The molecule has 1 heterocycles. The van der Waals surface area contributed by atoms with Crippen LogP contribution in [-0.4, -0.2) is 24.6 Å². The zero-order valence-corrected chi connectivity index (χ0v) is 15.7. The van der Waals surface area contributed by atoms with Gasteiger partial charge in [-0.05, 0) is 61.6 Å². The van der Waals surface area contributed by atoms with Gasteiger partial charge < -0.3 is 4.98 Å². The molecule has 1 N–H and O–H groups in total. The molecule has 1 aromatic carbocycles. The first-order valence-electron chi connectivity index (χ1n) is 8.40. The Balaban J connectivity index is 1.76. The smallest absolute Gasteiger partial charge is 0.194 e. The molecule has 4 nitrogen and oxygen atoms in total. The van der Waals surface area contributed by atoms with E-state index in [1.165, 1.54) is 18.9 Å². The largest absolute Gasteiger partial charge is 0.344 e. The van der Waals surface area contributed by atoms with E-state index in [2.05, 4.69) is 9.97 Å². The van der Waals surface area contributed by atoms with Gasteiger partial charge in [-0.1, -0.05) is 17.7 Å². The Bertz CT molecular complexity index is 942. The molecule has 2 aliphatic rings. The van der Waals surface area contributed by atoms with Crippen LogP contribution in [0.25, 0.3) is 0 Å². The predicted molar refractivity (Wildman–Crippen MR) is 94.1 cm³/mol. The molecule has 1 aromatic heterocycles. The molecular formula is C18H20ClFN2O2S. The number of halogens is 2. The quantitative estimate of drug-likeness (QED) is 0.860. The average Bonchev–Trinajstić information content (AvgIpc) is 3.18. The summed E-state index contributed by atoms with van der Waals surface area (Å²) in [5, 5.41) is 0.163. The van der Waals surface area contributed by atoms with Crippen molar-refractivity contribution in [1.29, 1.82) is 0 Å². The molecule has 0 aliphatic heterocycles. The van der Waals surface area contributed by atoms with Gasteiger partial charge in [-0.25, -0.2) is 17.8 Å². The third kappa shape index (κ3) is 2.99. The van der Waals surface area contributed by atoms with Crippen molar-refractivity contribution in [3.05, 3.63) is 46.1 Å². The Morgan fingerprint density at radius 1 is 1.36 bits per heavy atom. The first kappa shape index (κ1) is 17.0. The molecule has 134 valence electrons. The van der Waals surface area contributed by atoms with E-state index in [1.54, 1.807) is 19.1 Å². The predicted octanol–water partition coefficient (Wildman–Crippen LogP) is 4.24. The summed E-state index contributed by atoms with van der Waals surface area (Å²) in [5.74, 6) is 0.436. The highest BCUT2D eigenvalue weighted by atomic mass is 35.5. The Kier molecular flexibility index (Phi) is 3.78. The van der Waals surface area contributed by atoms with Crippen LogP contribution in [0.1, 0.15) is 48.7 Å². The van der Waals surface area contributed by atoms with Gasteiger partial charge in [-0.3, -0.25) is 0 Å². The molecule has 1 unspecified atom stereocenters. The van der Waals surface area contributed by atoms with Gasteiger partial charge in [0.2, 0.25) is 0 Å². The molecule has 0 radical (unpaired) electrons. The molecule has 2 aliphatic carbocycles. The van der Waals surface area contributed by atoms with E-state index in [1.807, 2.05) is 0 Å². The maximum Gasteiger partial charge on any atom is 0.194 e. The van der Waals surface area contributed by atoms with E-state index in [9.17, 15) is 12.8 Å². The summed E-state index contributed by atoms with van der Waals surface area (Å²) in [5.41, 5.74) is 1.91. The molecule has 7 heteroatoms. The van der Waals surface area contributed by atoms with Gasteiger partial charge in [0.05, 0.1) is 10.7 Å². The summed E-state index contributed by atoms with van der Waals surface area (Å²) in [4.78, 5) is 7.55. The summed E-state index contributed by atoms with van der Waals surface area (Å²) < 4.78 is 37.5. The lowest BCUT2D eigenvalue weighted by Crippen LogP contribution is -2.31. The SMILES string of the molecule is Cc1[nH]c(C(c2ccc(F)c(Cl)c2)C2CC3(CC3)C2)nc1S(C)(=O)=O. The monoisotopic (exact) mass is 382 g/mol. The molecular weight excluding hydrogens is 363 g/mol. The summed E-state index contributed by atoms with van der Waals surface area (Å²) in [6, 6.07) is 4.72. The second-order valence-corrected chi connectivity index (χ2v) is 9.98. The van der Waals surface area contributed by atoms with Crippen molar-refractivity contribution in [1.82, 2.24) is 9.97 Å². The zero-order valence-electron chi connectivity index (χ0n) is 14.1. The van der Waals surface area contributed by atoms with Gasteiger partial charge in [0.15, 0.2) is 14.9 Å². The van der Waals surface area contributed by atoms with Gasteiger partial charge >= 0.3 is 0 Å². The number of hydrogen-bond acceptors (Lipinski definition) is 3. The van der Waals surface area contributed by atoms with Crippen molar-refractivity contribution in [2.45, 2.75) is 43.6 Å². The zero-order chi connectivity index (χ0) is 18.0. The summed E-state index contributed by atoms with van der Waals surface area (Å²) in [6.07, 6.45) is 5.89. The molecule has 2 saturated carbocycles. The summed E-state index contributed by atoms with van der Waals surface area (Å²) >= 11 is 5.99. The first-order valence-corrected chi connectivity index (χ1v) is 10.7. The van der Waals surface area contributed by atoms with Crippen molar-refractivity contribution in [2.24, 2.45) is 11.3 Å². The number of aryl methyl sites for hydroxylation is 1. The number of imidazole rings is 1. The fraction of sp³-hybridized carbons (Fsp3) is 0.500. The second kappa shape index (κ2) is 5.55. The van der Waals surface area contributed by atoms with E-state index in [0.717, 1.165) is 24.7 Å². The van der Waals surface area contributed by atoms with Crippen LogP contribution in [0.2, 0.25) is 5.02 Å². The molecule has 2 aromatic rings. The minimum Gasteiger partial charge on any atom is -0.344 e. The molecule has 2 fully saturated rings. The van der Waals surface area contributed by atoms with Crippen LogP contribution in [0.4, 0.5) is 4.39 Å². The Morgan fingerprint density at radius 3 is 2.56 bits per heavy atom. The van der Waals surface area contributed by atoms with Crippen molar-refractivity contribution in [3.63, 3.8) is 0 Å². The third-order valence-electron chi connectivity index (χ3n) is 5.63. The minimum atomic E-state index is -3.40. The Morgan fingerprint density at radius 2 is 2.04 bits per heavy atom. The van der Waals surface area contributed by atoms with E-state index >= 15 is 0 Å². The lowest BCUT2D eigenvalue weighted by Gasteiger charge is -2.40. The number of aromatic nitrogens is 2. The van der Waals surface area contributed by atoms with Crippen LogP contribution in [0.3, 0.4) is 0 Å². The average molecular weight is 383 g/mol. The first-order chi connectivity index (χ1) is 11.7. The third-order valence-corrected chi connectivity index (χ3v) is 7.02. The lowest BCUT2D eigenvalue weighted by atomic mass is 9.64. The highest BCUT2D eigenvalue weighted by Gasteiger charge is 2.55. The highest BCUT2D eigenvalue weighted by Crippen LogP contribution is 2.66. The molecule has 1 spiro atoms. The highest BCUT2D eigenvalue weighted by molar-refractivity contribution is 7.90. The fourth-order valence-corrected chi connectivity index (χ4v) is 5.27. The van der Waals surface area contributed by atoms with Gasteiger partial charge in [0, 0.05) is 12.2 Å². The van der Waals surface area contributed by atoms with E-state index in [-0.39, 0.29) is 16.0 Å². The van der Waals surface area contributed by atoms with Crippen molar-refractivity contribution < 1.29 is 12.8 Å². The topological polar surface area (TPSA) is 62.8 Å². The molecule has 0 amide bonds. The number of hydrogen-bond donors (Lipinski definition) is 1. The Labute approximate surface area is 151 Å². The molecule has 0 bridgehead atoms. The molecule has 25 heavy (non-hydrogen) atoms. The van der Waals surface area contributed by atoms with Gasteiger partial charge in [0.1, 0.15) is 11.6 Å². The number of H-pyrrole nitrogens is 1. The van der Waals surface area contributed by atoms with Crippen LogP contribution in [0.15, 0.2) is 23.2 Å². The number of nitrogens with one attached hydrogen (secondary N) is 1. The number of rotatable bonds is 4. The number of aromatic amines is 1. The molecule has 1 atom stereocenters. The number of nitrogens with zero attached hydrogens (tertiary/aromatic N) is 1. The summed E-state index contributed by atoms with van der Waals surface area (Å²) in [6.45, 7) is 1.71. The summed E-state index contributed by atoms with van der Waals surface area (Å²) in [7, 11) is -3.40. The van der Waals surface area contributed by atoms with E-state index in [4.69, 9.17) is 11.6 Å². The number of benzene rings is 1. The molecule has 4 rings (SSSR count). The van der Waals surface area contributed by atoms with Crippen LogP contribution in [0, 0.1) is 24.1 Å². The Hall–Kier alpha value is -1.40. The number of sulfone groups is 1. The van der Waals surface area contributed by atoms with Crippen molar-refractivity contribution >= 4 is 21.4 Å². The molecule has 0 saturated heterocycles. The lowest BCUT2D eigenvalue weighted by molar-refractivity contribution is 0.148. The van der Waals surface area contributed by atoms with Gasteiger partial charge in [0.25, 0.3) is 0 Å². The van der Waals surface area contributed by atoms with Gasteiger partial charge in [-0.2, -0.15) is 0 Å². The van der Waals surface area contributed by atoms with Crippen LogP contribution in [-0.2, 0) is 9.84 Å². The van der Waals surface area contributed by atoms with Crippen molar-refractivity contribution in [2.75, 3.05) is 6.26 Å². The fourth-order valence-electron chi connectivity index (χ4n) is 4.21. The minimum absolute atomic E-state index is 0.0783. The normalized spacial score (nSPS) is 20.5. The second-order valence-electron chi connectivity index (χ2n) is 7.64. The van der Waals surface area contributed by atoms with Crippen LogP contribution >= 0.6 is 11.6 Å². The standard InChI is InChI=1S/C18H20ClFN2O2S/c1-10-17(25(2,23)24)22-16(21-10)15(12-8-18(9-12)5-6-18)11-3-4-14(20)13(19)7-11/h3-4,7,12,15H,5-6,8-9H2,1-2H3,(H,21,22). The van der Waals surface area contributed by atoms with Crippen molar-refractivity contribution in [3.8, 4) is 0 Å². The van der Waals surface area contributed by atoms with Gasteiger partial charge in [-0.15, -0.1) is 0 Å². The van der Waals surface area contributed by atoms with Crippen LogP contribution < -0.4 is 0 Å². The van der Waals surface area contributed by atoms with E-state index < -0.39 is 15.7 Å².